The zero-order valence-corrected chi connectivity index (χ0v) is 15.5. The van der Waals surface area contributed by atoms with E-state index < -0.39 is 0 Å². The Bertz CT molecular complexity index is 397. The van der Waals surface area contributed by atoms with Crippen LogP contribution in [0.5, 0.6) is 0 Å². The highest BCUT2D eigenvalue weighted by Gasteiger charge is 2.32. The molecule has 1 saturated heterocycles. The Hall–Kier alpha value is -1.06. The van der Waals surface area contributed by atoms with Crippen LogP contribution in [0, 0.1) is 11.8 Å². The molecule has 4 heteroatoms. The van der Waals surface area contributed by atoms with Crippen LogP contribution in [0.3, 0.4) is 0 Å². The Morgan fingerprint density at radius 3 is 2.50 bits per heavy atom. The third kappa shape index (κ3) is 6.45. The highest BCUT2D eigenvalue weighted by Crippen LogP contribution is 2.36. The van der Waals surface area contributed by atoms with Crippen LogP contribution in [0.15, 0.2) is 0 Å². The molecular weight excluding hydrogens is 300 g/mol. The summed E-state index contributed by atoms with van der Waals surface area (Å²) in [6.07, 6.45) is 12.9. The molecule has 24 heavy (non-hydrogen) atoms. The second-order valence-electron chi connectivity index (χ2n) is 7.70. The molecule has 4 nitrogen and oxygen atoms in total. The third-order valence-electron chi connectivity index (χ3n) is 5.79. The first-order chi connectivity index (χ1) is 11.7. The van der Waals surface area contributed by atoms with E-state index in [4.69, 9.17) is 0 Å². The normalized spacial score (nSPS) is 23.6. The van der Waals surface area contributed by atoms with Crippen molar-refractivity contribution in [3.8, 4) is 0 Å². The molecule has 0 bridgehead atoms. The Kier molecular flexibility index (Phi) is 8.62. The molecule has 0 aromatic heterocycles. The van der Waals surface area contributed by atoms with Gasteiger partial charge in [-0.25, -0.2) is 0 Å². The maximum Gasteiger partial charge on any atom is 0.222 e. The summed E-state index contributed by atoms with van der Waals surface area (Å²) in [4.78, 5) is 26.2. The third-order valence-corrected chi connectivity index (χ3v) is 5.79. The van der Waals surface area contributed by atoms with Gasteiger partial charge >= 0.3 is 0 Å². The molecule has 2 fully saturated rings. The number of rotatable bonds is 9. The monoisotopic (exact) mass is 336 g/mol. The van der Waals surface area contributed by atoms with Gasteiger partial charge in [0.05, 0.1) is 0 Å². The van der Waals surface area contributed by atoms with E-state index in [2.05, 4.69) is 17.1 Å². The van der Waals surface area contributed by atoms with Gasteiger partial charge in [0.25, 0.3) is 0 Å². The zero-order valence-electron chi connectivity index (χ0n) is 15.5. The summed E-state index contributed by atoms with van der Waals surface area (Å²) in [5, 5.41) is 2.97. The van der Waals surface area contributed by atoms with Crippen molar-refractivity contribution in [2.75, 3.05) is 19.6 Å². The van der Waals surface area contributed by atoms with Gasteiger partial charge in [-0.3, -0.25) is 9.59 Å². The second-order valence-corrected chi connectivity index (χ2v) is 7.70. The van der Waals surface area contributed by atoms with Gasteiger partial charge in [0.2, 0.25) is 11.8 Å². The molecule has 2 atom stereocenters. The zero-order chi connectivity index (χ0) is 17.2. The highest BCUT2D eigenvalue weighted by molar-refractivity contribution is 5.77. The molecule has 138 valence electrons. The minimum atomic E-state index is 0.140. The Labute approximate surface area is 147 Å². The first-order valence-corrected chi connectivity index (χ1v) is 10.2. The molecule has 2 aliphatic rings. The van der Waals surface area contributed by atoms with Crippen LogP contribution < -0.4 is 5.32 Å². The molecule has 0 aromatic carbocycles. The predicted octanol–water partition coefficient (Wildman–Crippen LogP) is 3.89. The number of carbonyl (C=O) groups is 2. The van der Waals surface area contributed by atoms with Crippen molar-refractivity contribution in [1.82, 2.24) is 10.2 Å². The van der Waals surface area contributed by atoms with Gasteiger partial charge in [-0.2, -0.15) is 0 Å². The van der Waals surface area contributed by atoms with E-state index in [0.29, 0.717) is 18.7 Å². The van der Waals surface area contributed by atoms with Gasteiger partial charge in [0.1, 0.15) is 0 Å². The van der Waals surface area contributed by atoms with Crippen molar-refractivity contribution < 1.29 is 9.59 Å². The first-order valence-electron chi connectivity index (χ1n) is 10.2. The lowest BCUT2D eigenvalue weighted by Crippen LogP contribution is -2.44. The summed E-state index contributed by atoms with van der Waals surface area (Å²) in [5.41, 5.74) is 0. The SMILES string of the molecule is CCCCCNC(=O)CCCCC(=O)N1CCC2CCCCC2C1. The minimum Gasteiger partial charge on any atom is -0.356 e. The molecule has 1 aliphatic carbocycles. The van der Waals surface area contributed by atoms with E-state index in [1.54, 1.807) is 0 Å². The van der Waals surface area contributed by atoms with Crippen molar-refractivity contribution in [3.63, 3.8) is 0 Å². The fourth-order valence-corrected chi connectivity index (χ4v) is 4.24. The summed E-state index contributed by atoms with van der Waals surface area (Å²) in [7, 11) is 0. The lowest BCUT2D eigenvalue weighted by atomic mass is 9.75. The number of hydrogen-bond acceptors (Lipinski definition) is 2. The number of unbranched alkanes of at least 4 members (excludes halogenated alkanes) is 3. The Morgan fingerprint density at radius 1 is 0.958 bits per heavy atom. The van der Waals surface area contributed by atoms with Gasteiger partial charge in [-0.05, 0) is 43.9 Å². The average Bonchev–Trinajstić information content (AvgIpc) is 2.61. The van der Waals surface area contributed by atoms with Crippen LogP contribution in [0.2, 0.25) is 0 Å². The summed E-state index contributed by atoms with van der Waals surface area (Å²) < 4.78 is 0. The number of nitrogens with one attached hydrogen (secondary N) is 1. The van der Waals surface area contributed by atoms with Crippen molar-refractivity contribution in [2.24, 2.45) is 11.8 Å². The molecule has 1 saturated carbocycles. The number of piperidine rings is 1. The summed E-state index contributed by atoms with van der Waals surface area (Å²) in [6, 6.07) is 0. The van der Waals surface area contributed by atoms with Crippen LogP contribution in [-0.2, 0) is 9.59 Å². The highest BCUT2D eigenvalue weighted by atomic mass is 16.2. The molecule has 1 aliphatic heterocycles. The maximum atomic E-state index is 12.4. The molecule has 2 rings (SSSR count). The lowest BCUT2D eigenvalue weighted by Gasteiger charge is -2.41. The van der Waals surface area contributed by atoms with Gasteiger partial charge in [-0.15, -0.1) is 0 Å². The number of likely N-dealkylation sites (tertiary alicyclic amines) is 1. The number of nitrogens with zero attached hydrogens (tertiary/aromatic N) is 1. The van der Waals surface area contributed by atoms with Crippen LogP contribution in [0.1, 0.15) is 84.0 Å². The smallest absolute Gasteiger partial charge is 0.222 e. The number of fused-ring (bicyclic) bond motifs is 1. The van der Waals surface area contributed by atoms with E-state index >= 15 is 0 Å². The summed E-state index contributed by atoms with van der Waals surface area (Å²) in [6.45, 7) is 4.90. The average molecular weight is 337 g/mol. The molecule has 1 heterocycles. The van der Waals surface area contributed by atoms with Crippen LogP contribution in [0.4, 0.5) is 0 Å². The van der Waals surface area contributed by atoms with Crippen molar-refractivity contribution in [1.29, 1.82) is 0 Å². The van der Waals surface area contributed by atoms with Crippen molar-refractivity contribution >= 4 is 11.8 Å². The first kappa shape index (κ1) is 19.3. The fraction of sp³-hybridized carbons (Fsp3) is 0.900. The minimum absolute atomic E-state index is 0.140. The second kappa shape index (κ2) is 10.7. The Morgan fingerprint density at radius 2 is 1.71 bits per heavy atom. The maximum absolute atomic E-state index is 12.4. The van der Waals surface area contributed by atoms with E-state index in [9.17, 15) is 9.59 Å². The molecular formula is C20H36N2O2. The number of amides is 2. The quantitative estimate of drug-likeness (QED) is 0.649. The number of hydrogen-bond donors (Lipinski definition) is 1. The van der Waals surface area contributed by atoms with Crippen LogP contribution >= 0.6 is 0 Å². The van der Waals surface area contributed by atoms with Gasteiger partial charge in [0, 0.05) is 32.5 Å². The van der Waals surface area contributed by atoms with E-state index in [1.165, 1.54) is 44.9 Å². The standard InChI is InChI=1S/C20H36N2O2/c1-2-3-8-14-21-19(23)11-6-7-12-20(24)22-15-13-17-9-4-5-10-18(17)16-22/h17-18H,2-16H2,1H3,(H,21,23). The topological polar surface area (TPSA) is 49.4 Å². The van der Waals surface area contributed by atoms with Gasteiger partial charge in [-0.1, -0.05) is 39.0 Å². The van der Waals surface area contributed by atoms with Crippen molar-refractivity contribution in [3.05, 3.63) is 0 Å². The molecule has 1 N–H and O–H groups in total. The predicted molar refractivity (Wildman–Crippen MR) is 97.6 cm³/mol. The van der Waals surface area contributed by atoms with Crippen molar-refractivity contribution in [2.45, 2.75) is 84.0 Å². The number of carbonyl (C=O) groups excluding carboxylic acids is 2. The van der Waals surface area contributed by atoms with Crippen LogP contribution in [-0.4, -0.2) is 36.3 Å². The Balaban J connectivity index is 1.54. The molecule has 0 radical (unpaired) electrons. The van der Waals surface area contributed by atoms with Crippen LogP contribution in [0.25, 0.3) is 0 Å². The largest absolute Gasteiger partial charge is 0.356 e. The molecule has 0 aromatic rings. The summed E-state index contributed by atoms with van der Waals surface area (Å²) in [5.74, 6) is 2.08. The fourth-order valence-electron chi connectivity index (χ4n) is 4.24. The van der Waals surface area contributed by atoms with Gasteiger partial charge in [0.15, 0.2) is 0 Å². The van der Waals surface area contributed by atoms with E-state index in [0.717, 1.165) is 50.7 Å². The molecule has 2 amide bonds. The van der Waals surface area contributed by atoms with E-state index in [1.807, 2.05) is 0 Å². The molecule has 2 unspecified atom stereocenters. The van der Waals surface area contributed by atoms with E-state index in [-0.39, 0.29) is 5.91 Å². The van der Waals surface area contributed by atoms with Gasteiger partial charge < -0.3 is 10.2 Å². The summed E-state index contributed by atoms with van der Waals surface area (Å²) >= 11 is 0. The molecule has 0 spiro atoms. The lowest BCUT2D eigenvalue weighted by molar-refractivity contribution is -0.134.